The number of nitrogens with one attached hydrogen (secondary N) is 1. The quantitative estimate of drug-likeness (QED) is 0.623. The first-order chi connectivity index (χ1) is 11.7. The van der Waals surface area contributed by atoms with Crippen molar-refractivity contribution in [2.24, 2.45) is 0 Å². The fourth-order valence-electron chi connectivity index (χ4n) is 2.69. The van der Waals surface area contributed by atoms with E-state index >= 15 is 0 Å². The number of hydrogen-bond donors (Lipinski definition) is 1. The molecule has 0 saturated heterocycles. The lowest BCUT2D eigenvalue weighted by Gasteiger charge is -2.05. The maximum absolute atomic E-state index is 12.0. The average molecular weight is 337 g/mol. The number of nitrogens with zero attached hydrogens (tertiary/aromatic N) is 3. The second-order valence-electron chi connectivity index (χ2n) is 5.45. The van der Waals surface area contributed by atoms with Gasteiger partial charge in [-0.05, 0) is 23.3 Å². The zero-order valence-corrected chi connectivity index (χ0v) is 13.4. The molecule has 0 unspecified atom stereocenters. The van der Waals surface area contributed by atoms with Gasteiger partial charge in [-0.2, -0.15) is 10.1 Å². The number of benzene rings is 2. The Morgan fingerprint density at radius 2 is 1.79 bits per heavy atom. The highest BCUT2D eigenvalue weighted by atomic mass is 35.5. The van der Waals surface area contributed by atoms with Gasteiger partial charge in [0.2, 0.25) is 0 Å². The highest BCUT2D eigenvalue weighted by Crippen LogP contribution is 2.25. The fraction of sp³-hybridized carbons (Fsp3) is 0.0556. The average Bonchev–Trinajstić information content (AvgIpc) is 2.99. The molecule has 1 N–H and O–H groups in total. The molecule has 0 amide bonds. The Labute approximate surface area is 142 Å². The summed E-state index contributed by atoms with van der Waals surface area (Å²) in [5.74, 6) is 0. The molecule has 118 valence electrons. The van der Waals surface area contributed by atoms with Crippen molar-refractivity contribution in [1.29, 1.82) is 0 Å². The highest BCUT2D eigenvalue weighted by Gasteiger charge is 2.12. The molecule has 0 aliphatic heterocycles. The molecule has 24 heavy (non-hydrogen) atoms. The zero-order valence-electron chi connectivity index (χ0n) is 12.6. The summed E-state index contributed by atoms with van der Waals surface area (Å²) in [5, 5.41) is 5.85. The molecular formula is C18H13ClN4O. The van der Waals surface area contributed by atoms with Crippen molar-refractivity contribution in [3.8, 4) is 11.3 Å². The van der Waals surface area contributed by atoms with Crippen LogP contribution in [0.2, 0.25) is 5.02 Å². The first-order valence-corrected chi connectivity index (χ1v) is 7.84. The van der Waals surface area contributed by atoms with E-state index in [1.165, 1.54) is 0 Å². The van der Waals surface area contributed by atoms with E-state index in [0.29, 0.717) is 22.9 Å². The fourth-order valence-corrected chi connectivity index (χ4v) is 2.81. The first-order valence-electron chi connectivity index (χ1n) is 7.46. The van der Waals surface area contributed by atoms with Crippen LogP contribution in [0.4, 0.5) is 0 Å². The summed E-state index contributed by atoms with van der Waals surface area (Å²) in [7, 11) is 0. The molecule has 0 spiro atoms. The lowest BCUT2D eigenvalue weighted by molar-refractivity contribution is 0.702. The van der Waals surface area contributed by atoms with Crippen LogP contribution >= 0.6 is 11.6 Å². The van der Waals surface area contributed by atoms with E-state index in [0.717, 1.165) is 16.5 Å². The van der Waals surface area contributed by atoms with Crippen molar-refractivity contribution in [1.82, 2.24) is 19.7 Å². The molecule has 4 rings (SSSR count). The van der Waals surface area contributed by atoms with Crippen molar-refractivity contribution in [3.05, 3.63) is 81.9 Å². The van der Waals surface area contributed by atoms with E-state index in [1.807, 2.05) is 42.5 Å². The Hall–Kier alpha value is -2.92. The minimum atomic E-state index is -0.401. The summed E-state index contributed by atoms with van der Waals surface area (Å²) < 4.78 is 1.74. The van der Waals surface area contributed by atoms with E-state index in [1.54, 1.807) is 23.0 Å². The van der Waals surface area contributed by atoms with Gasteiger partial charge in [0.05, 0.1) is 23.8 Å². The van der Waals surface area contributed by atoms with Gasteiger partial charge in [-0.1, -0.05) is 54.1 Å². The van der Waals surface area contributed by atoms with Crippen molar-refractivity contribution >= 4 is 22.6 Å². The number of hydrogen-bond acceptors (Lipinski definition) is 3. The summed E-state index contributed by atoms with van der Waals surface area (Å²) in [5.41, 5.74) is 2.82. The first kappa shape index (κ1) is 14.7. The standard InChI is InChI=1S/C18H13ClN4O/c19-14-8-6-13(7-9-14)16-15-10-20-23(17(15)22-18(24)21-16)11-12-4-2-1-3-5-12/h1-10H,11H2,(H,21,22,24). The van der Waals surface area contributed by atoms with Gasteiger partial charge in [-0.15, -0.1) is 0 Å². The molecule has 6 heteroatoms. The molecule has 0 saturated carbocycles. The van der Waals surface area contributed by atoms with Crippen LogP contribution < -0.4 is 5.69 Å². The van der Waals surface area contributed by atoms with Gasteiger partial charge in [0, 0.05) is 5.02 Å². The molecule has 2 aromatic carbocycles. The normalized spacial score (nSPS) is 11.0. The number of H-pyrrole nitrogens is 1. The highest BCUT2D eigenvalue weighted by molar-refractivity contribution is 6.30. The Bertz CT molecular complexity index is 1050. The van der Waals surface area contributed by atoms with Crippen LogP contribution in [0.15, 0.2) is 65.6 Å². The number of halogens is 1. The summed E-state index contributed by atoms with van der Waals surface area (Å²) in [6.45, 7) is 0.556. The molecule has 2 aromatic heterocycles. The van der Waals surface area contributed by atoms with Crippen LogP contribution in [-0.2, 0) is 6.54 Å². The van der Waals surface area contributed by atoms with Crippen LogP contribution in [0.1, 0.15) is 5.56 Å². The largest absolute Gasteiger partial charge is 0.347 e. The molecule has 0 atom stereocenters. The number of rotatable bonds is 3. The van der Waals surface area contributed by atoms with E-state index in [2.05, 4.69) is 15.1 Å². The van der Waals surface area contributed by atoms with Crippen molar-refractivity contribution in [2.45, 2.75) is 6.54 Å². The summed E-state index contributed by atoms with van der Waals surface area (Å²) in [4.78, 5) is 18.9. The third kappa shape index (κ3) is 2.70. The smallest absolute Gasteiger partial charge is 0.305 e. The number of fused-ring (bicyclic) bond motifs is 1. The molecular weight excluding hydrogens is 324 g/mol. The van der Waals surface area contributed by atoms with Crippen molar-refractivity contribution < 1.29 is 0 Å². The second kappa shape index (κ2) is 5.94. The molecule has 0 radical (unpaired) electrons. The molecule has 0 aliphatic rings. The summed E-state index contributed by atoms with van der Waals surface area (Å²) in [6, 6.07) is 17.2. The van der Waals surface area contributed by atoms with Gasteiger partial charge in [0.1, 0.15) is 0 Å². The maximum atomic E-state index is 12.0. The minimum Gasteiger partial charge on any atom is -0.305 e. The summed E-state index contributed by atoms with van der Waals surface area (Å²) >= 11 is 5.94. The molecule has 0 aliphatic carbocycles. The third-order valence-corrected chi connectivity index (χ3v) is 4.08. The van der Waals surface area contributed by atoms with Crippen LogP contribution in [0.25, 0.3) is 22.3 Å². The van der Waals surface area contributed by atoms with Gasteiger partial charge >= 0.3 is 5.69 Å². The lowest BCUT2D eigenvalue weighted by Crippen LogP contribution is -2.13. The van der Waals surface area contributed by atoms with Crippen molar-refractivity contribution in [3.63, 3.8) is 0 Å². The lowest BCUT2D eigenvalue weighted by atomic mass is 10.1. The van der Waals surface area contributed by atoms with Crippen molar-refractivity contribution in [2.75, 3.05) is 0 Å². The van der Waals surface area contributed by atoms with Gasteiger partial charge < -0.3 is 4.98 Å². The maximum Gasteiger partial charge on any atom is 0.347 e. The molecule has 0 fully saturated rings. The predicted octanol–water partition coefficient (Wildman–Crippen LogP) is 3.49. The summed E-state index contributed by atoms with van der Waals surface area (Å²) in [6.07, 6.45) is 1.73. The molecule has 0 bridgehead atoms. The third-order valence-electron chi connectivity index (χ3n) is 3.83. The van der Waals surface area contributed by atoms with Crippen LogP contribution in [0.3, 0.4) is 0 Å². The monoisotopic (exact) mass is 336 g/mol. The van der Waals surface area contributed by atoms with E-state index in [4.69, 9.17) is 11.6 Å². The SMILES string of the molecule is O=c1nc2c(cnn2Cc2ccccc2)c(-c2ccc(Cl)cc2)[nH]1. The van der Waals surface area contributed by atoms with Gasteiger partial charge in [-0.25, -0.2) is 9.48 Å². The Morgan fingerprint density at radius 1 is 1.04 bits per heavy atom. The molecule has 5 nitrogen and oxygen atoms in total. The van der Waals surface area contributed by atoms with Crippen LogP contribution in [0.5, 0.6) is 0 Å². The zero-order chi connectivity index (χ0) is 16.5. The van der Waals surface area contributed by atoms with E-state index in [9.17, 15) is 4.79 Å². The predicted molar refractivity (Wildman–Crippen MR) is 94.1 cm³/mol. The Morgan fingerprint density at radius 3 is 2.54 bits per heavy atom. The van der Waals surface area contributed by atoms with E-state index in [-0.39, 0.29) is 0 Å². The van der Waals surface area contributed by atoms with Gasteiger partial charge in [0.15, 0.2) is 5.65 Å². The van der Waals surface area contributed by atoms with Gasteiger partial charge in [0.25, 0.3) is 0 Å². The molecule has 4 aromatic rings. The Balaban J connectivity index is 1.85. The second-order valence-corrected chi connectivity index (χ2v) is 5.89. The van der Waals surface area contributed by atoms with E-state index < -0.39 is 5.69 Å². The van der Waals surface area contributed by atoms with Crippen LogP contribution in [0, 0.1) is 0 Å². The van der Waals surface area contributed by atoms with Gasteiger partial charge in [-0.3, -0.25) is 0 Å². The molecule has 2 heterocycles. The number of aromatic amines is 1. The minimum absolute atomic E-state index is 0.401. The Kier molecular flexibility index (Phi) is 3.63. The van der Waals surface area contributed by atoms with Crippen LogP contribution in [-0.4, -0.2) is 19.7 Å². The topological polar surface area (TPSA) is 63.6 Å². The number of aromatic nitrogens is 4.